The number of nitrogens with one attached hydrogen (secondary N) is 2. The van der Waals surface area contributed by atoms with E-state index in [1.807, 2.05) is 0 Å². The summed E-state index contributed by atoms with van der Waals surface area (Å²) in [6.07, 6.45) is 0. The summed E-state index contributed by atoms with van der Waals surface area (Å²) in [7, 11) is -2.17. The number of sulfonamides is 1. The quantitative estimate of drug-likeness (QED) is 0.821. The second-order valence-corrected chi connectivity index (χ2v) is 7.05. The van der Waals surface area contributed by atoms with Gasteiger partial charge in [0.05, 0.1) is 9.72 Å². The first-order valence-corrected chi connectivity index (χ1v) is 7.67. The topological polar surface area (TPSA) is 75.3 Å². The standard InChI is InChI=1S/C11H15BrN2O3S/c1-7-4-5-9(18(16,17)13-3)6-10(7)14-11(15)8(2)12/h4-6,8,13H,1-3H3,(H,14,15). The first-order chi connectivity index (χ1) is 8.27. The molecule has 1 aromatic rings. The number of alkyl halides is 1. The molecule has 0 aliphatic carbocycles. The van der Waals surface area contributed by atoms with Crippen LogP contribution < -0.4 is 10.0 Å². The van der Waals surface area contributed by atoms with Crippen molar-refractivity contribution < 1.29 is 13.2 Å². The molecule has 7 heteroatoms. The molecule has 0 aromatic heterocycles. The second-order valence-electron chi connectivity index (χ2n) is 3.79. The number of aryl methyl sites for hydroxylation is 1. The van der Waals surface area contributed by atoms with Gasteiger partial charge in [-0.3, -0.25) is 4.79 Å². The van der Waals surface area contributed by atoms with Crippen LogP contribution in [0.1, 0.15) is 12.5 Å². The highest BCUT2D eigenvalue weighted by Crippen LogP contribution is 2.20. The van der Waals surface area contributed by atoms with E-state index in [0.29, 0.717) is 5.69 Å². The van der Waals surface area contributed by atoms with Crippen molar-refractivity contribution in [1.82, 2.24) is 4.72 Å². The molecule has 0 aliphatic rings. The van der Waals surface area contributed by atoms with Gasteiger partial charge >= 0.3 is 0 Å². The Bertz CT molecular complexity index is 555. The maximum Gasteiger partial charge on any atom is 0.240 e. The summed E-state index contributed by atoms with van der Waals surface area (Å²) in [4.78, 5) is 11.3. The van der Waals surface area contributed by atoms with Gasteiger partial charge in [0, 0.05) is 5.69 Å². The fourth-order valence-electron chi connectivity index (χ4n) is 1.25. The number of benzene rings is 1. The minimum atomic E-state index is -3.51. The normalized spacial score (nSPS) is 13.1. The van der Waals surface area contributed by atoms with Crippen LogP contribution in [0.5, 0.6) is 0 Å². The minimum Gasteiger partial charge on any atom is -0.325 e. The highest BCUT2D eigenvalue weighted by Gasteiger charge is 2.15. The molecule has 100 valence electrons. The molecule has 1 aromatic carbocycles. The zero-order chi connectivity index (χ0) is 13.9. The average Bonchev–Trinajstić information content (AvgIpc) is 2.31. The summed E-state index contributed by atoms with van der Waals surface area (Å²) in [5, 5.41) is 2.67. The molecule has 1 rings (SSSR count). The van der Waals surface area contributed by atoms with Gasteiger partial charge in [0.15, 0.2) is 0 Å². The Morgan fingerprint density at radius 1 is 1.39 bits per heavy atom. The van der Waals surface area contributed by atoms with E-state index >= 15 is 0 Å². The Hall–Kier alpha value is -0.920. The summed E-state index contributed by atoms with van der Waals surface area (Å²) < 4.78 is 25.5. The molecule has 0 spiro atoms. The largest absolute Gasteiger partial charge is 0.325 e. The first-order valence-electron chi connectivity index (χ1n) is 5.27. The number of carbonyl (C=O) groups excluding carboxylic acids is 1. The number of amides is 1. The van der Waals surface area contributed by atoms with Crippen LogP contribution in [0.15, 0.2) is 23.1 Å². The van der Waals surface area contributed by atoms with Crippen LogP contribution in [0.3, 0.4) is 0 Å². The smallest absolute Gasteiger partial charge is 0.240 e. The molecule has 0 aliphatic heterocycles. The van der Waals surface area contributed by atoms with E-state index in [1.54, 1.807) is 19.9 Å². The maximum atomic E-state index is 11.7. The number of hydrogen-bond acceptors (Lipinski definition) is 3. The number of carbonyl (C=O) groups is 1. The molecule has 0 saturated carbocycles. The van der Waals surface area contributed by atoms with E-state index in [4.69, 9.17) is 0 Å². The lowest BCUT2D eigenvalue weighted by molar-refractivity contribution is -0.115. The molecule has 1 atom stereocenters. The third-order valence-electron chi connectivity index (χ3n) is 2.41. The Morgan fingerprint density at radius 3 is 2.50 bits per heavy atom. The molecule has 0 fully saturated rings. The summed E-state index contributed by atoms with van der Waals surface area (Å²) in [5.41, 5.74) is 1.29. The SMILES string of the molecule is CNS(=O)(=O)c1ccc(C)c(NC(=O)C(C)Br)c1. The van der Waals surface area contributed by atoms with Gasteiger partial charge < -0.3 is 5.32 Å². The molecule has 1 unspecified atom stereocenters. The number of rotatable bonds is 4. The van der Waals surface area contributed by atoms with Gasteiger partial charge in [-0.25, -0.2) is 13.1 Å². The average molecular weight is 335 g/mol. The summed E-state index contributed by atoms with van der Waals surface area (Å²) in [6.45, 7) is 3.49. The zero-order valence-corrected chi connectivity index (χ0v) is 12.7. The monoisotopic (exact) mass is 334 g/mol. The lowest BCUT2D eigenvalue weighted by Gasteiger charge is -2.11. The predicted octanol–water partition coefficient (Wildman–Crippen LogP) is 1.63. The van der Waals surface area contributed by atoms with Crippen LogP contribution in [0.2, 0.25) is 0 Å². The van der Waals surface area contributed by atoms with Gasteiger partial charge in [-0.1, -0.05) is 22.0 Å². The van der Waals surface area contributed by atoms with Crippen LogP contribution in [0.4, 0.5) is 5.69 Å². The molecule has 0 saturated heterocycles. The van der Waals surface area contributed by atoms with Gasteiger partial charge in [-0.05, 0) is 38.6 Å². The van der Waals surface area contributed by atoms with Gasteiger partial charge in [0.1, 0.15) is 0 Å². The van der Waals surface area contributed by atoms with Crippen molar-refractivity contribution in [3.8, 4) is 0 Å². The van der Waals surface area contributed by atoms with E-state index in [0.717, 1.165) is 5.56 Å². The number of anilines is 1. The highest BCUT2D eigenvalue weighted by atomic mass is 79.9. The molecule has 0 heterocycles. The summed E-state index contributed by atoms with van der Waals surface area (Å²) >= 11 is 3.15. The molecule has 5 nitrogen and oxygen atoms in total. The summed E-state index contributed by atoms with van der Waals surface area (Å²) in [6, 6.07) is 4.58. The van der Waals surface area contributed by atoms with Gasteiger partial charge in [-0.15, -0.1) is 0 Å². The van der Waals surface area contributed by atoms with Crippen molar-refractivity contribution in [2.45, 2.75) is 23.6 Å². The van der Waals surface area contributed by atoms with Crippen molar-refractivity contribution in [3.05, 3.63) is 23.8 Å². The fourth-order valence-corrected chi connectivity index (χ4v) is 2.12. The lowest BCUT2D eigenvalue weighted by Crippen LogP contribution is -2.22. The Labute approximate surface area is 115 Å². The Balaban J connectivity index is 3.14. The van der Waals surface area contributed by atoms with Crippen molar-refractivity contribution in [1.29, 1.82) is 0 Å². The molecule has 1 amide bonds. The molecule has 18 heavy (non-hydrogen) atoms. The van der Waals surface area contributed by atoms with E-state index in [2.05, 4.69) is 26.0 Å². The predicted molar refractivity (Wildman–Crippen MR) is 74.4 cm³/mol. The van der Waals surface area contributed by atoms with Crippen molar-refractivity contribution in [2.75, 3.05) is 12.4 Å². The van der Waals surface area contributed by atoms with E-state index in [1.165, 1.54) is 19.2 Å². The molecule has 0 bridgehead atoms. The minimum absolute atomic E-state index is 0.119. The van der Waals surface area contributed by atoms with Crippen LogP contribution in [0, 0.1) is 6.92 Å². The van der Waals surface area contributed by atoms with Crippen molar-refractivity contribution >= 4 is 37.5 Å². The van der Waals surface area contributed by atoms with Gasteiger partial charge in [-0.2, -0.15) is 0 Å². The molecular formula is C11H15BrN2O3S. The van der Waals surface area contributed by atoms with Gasteiger partial charge in [0.2, 0.25) is 15.9 Å². The zero-order valence-electron chi connectivity index (χ0n) is 10.3. The first kappa shape index (κ1) is 15.1. The van der Waals surface area contributed by atoms with Crippen LogP contribution in [0.25, 0.3) is 0 Å². The second kappa shape index (κ2) is 5.81. The lowest BCUT2D eigenvalue weighted by atomic mass is 10.2. The third-order valence-corrected chi connectivity index (χ3v) is 4.24. The third kappa shape index (κ3) is 3.54. The van der Waals surface area contributed by atoms with Crippen LogP contribution in [-0.4, -0.2) is 26.2 Å². The molecular weight excluding hydrogens is 320 g/mol. The number of hydrogen-bond donors (Lipinski definition) is 2. The maximum absolute atomic E-state index is 11.7. The molecule has 2 N–H and O–H groups in total. The fraction of sp³-hybridized carbons (Fsp3) is 0.364. The van der Waals surface area contributed by atoms with Gasteiger partial charge in [0.25, 0.3) is 0 Å². The molecule has 0 radical (unpaired) electrons. The van der Waals surface area contributed by atoms with Crippen LogP contribution in [-0.2, 0) is 14.8 Å². The van der Waals surface area contributed by atoms with Crippen LogP contribution >= 0.6 is 15.9 Å². The Morgan fingerprint density at radius 2 is 2.00 bits per heavy atom. The number of halogens is 1. The van der Waals surface area contributed by atoms with E-state index < -0.39 is 10.0 Å². The van der Waals surface area contributed by atoms with E-state index in [9.17, 15) is 13.2 Å². The van der Waals surface area contributed by atoms with Crippen molar-refractivity contribution in [3.63, 3.8) is 0 Å². The highest BCUT2D eigenvalue weighted by molar-refractivity contribution is 9.10. The Kier molecular flexibility index (Phi) is 4.89. The van der Waals surface area contributed by atoms with Crippen molar-refractivity contribution in [2.24, 2.45) is 0 Å². The van der Waals surface area contributed by atoms with E-state index in [-0.39, 0.29) is 15.6 Å². The summed E-state index contributed by atoms with van der Waals surface area (Å²) in [5.74, 6) is -0.225.